The van der Waals surface area contributed by atoms with Crippen molar-refractivity contribution in [3.05, 3.63) is 552 Å². The van der Waals surface area contributed by atoms with Crippen LogP contribution in [0.2, 0.25) is 0 Å². The summed E-state index contributed by atoms with van der Waals surface area (Å²) in [7, 11) is 0. The van der Waals surface area contributed by atoms with Crippen LogP contribution in [-0.4, -0.2) is 10.6 Å². The molecule has 672 valence electrons. The molecule has 6 atom stereocenters. The zero-order valence-electron chi connectivity index (χ0n) is 80.2. The molecule has 0 saturated carbocycles. The van der Waals surface area contributed by atoms with Crippen molar-refractivity contribution in [2.24, 2.45) is 5.92 Å². The van der Waals surface area contributed by atoms with Crippen LogP contribution >= 0.6 is 0 Å². The number of hydrogen-bond acceptors (Lipinski definition) is 4. The van der Waals surface area contributed by atoms with Gasteiger partial charge in [-0.2, -0.15) is 5.06 Å². The number of rotatable bonds is 25. The van der Waals surface area contributed by atoms with Crippen molar-refractivity contribution in [1.29, 1.82) is 0 Å². The summed E-state index contributed by atoms with van der Waals surface area (Å²) >= 11 is 0. The standard InChI is InChI=1S/C134H115N3O/c1-91(2)130(103-41-22-13-23-42-103)137(132(7,8)9)138-129(102-61-59-96(60-62-102)97-63-71-109(72-64-97)133(110-75-73-108(74-76-110)131(4,5)6)123-52-31-28-49-117(123)122-84-81-116(90-128(122)133)135(111-44-24-14-25-45-111)112-46-26-15-27-47-112)89-107(85-92(3)93-35-16-10-17-36-93)101-57-55-100(56-58-101)105-69-82-120-118-50-29-32-53-124(118)134(126(120)87-105)125-54-33-30-51-119(125)121-83-70-106(88-127(121)134)104-43-34-48-115(86-104)136(113-77-65-98(66-78-113)94-37-18-11-19-38-94)114-79-67-99(68-80-114)95-39-20-12-21-40-95/h10-84,86-88,90-92,107,129-130H,85,89H2,1-9H3. The van der Waals surface area contributed by atoms with Crippen molar-refractivity contribution in [3.8, 4) is 89.0 Å². The minimum atomic E-state index is -0.661. The maximum absolute atomic E-state index is 8.04. The van der Waals surface area contributed by atoms with Gasteiger partial charge in [0, 0.05) is 39.7 Å². The molecule has 0 saturated heterocycles. The molecule has 138 heavy (non-hydrogen) atoms. The van der Waals surface area contributed by atoms with Gasteiger partial charge in [-0.25, -0.2) is 0 Å². The molecular weight excluding hydrogens is 1670 g/mol. The smallest absolute Gasteiger partial charge is 0.105 e. The molecule has 6 unspecified atom stereocenters. The third kappa shape index (κ3) is 16.2. The van der Waals surface area contributed by atoms with Gasteiger partial charge in [0.15, 0.2) is 0 Å². The average Bonchev–Trinajstić information content (AvgIpc) is 1.54. The van der Waals surface area contributed by atoms with Crippen LogP contribution in [0.15, 0.2) is 479 Å². The van der Waals surface area contributed by atoms with Crippen LogP contribution < -0.4 is 9.80 Å². The van der Waals surface area contributed by atoms with E-state index in [1.54, 1.807) is 0 Å². The SMILES string of the molecule is CC(CC(CC(ON(C(c1ccccc1)C(C)C)C(C)(C)C)c1ccc(-c2ccc(C3(c4ccc(C(C)(C)C)cc4)c4ccccc4-c4ccc(N(c5ccccc5)c5ccccc5)cc43)cc2)cc1)c1ccc(-c2ccc3c(c2)C2(c4ccccc4-3)c3ccccc3-c3ccc(-c4cccc(N(c5ccc(-c6ccccc6)cc5)c5ccc(-c6ccccc6)cc5)c4)cc32)cc1)c1ccccc1. The van der Waals surface area contributed by atoms with E-state index in [9.17, 15) is 0 Å². The maximum Gasteiger partial charge on any atom is 0.105 e. The van der Waals surface area contributed by atoms with E-state index in [4.69, 9.17) is 4.84 Å². The highest BCUT2D eigenvalue weighted by Gasteiger charge is 2.53. The van der Waals surface area contributed by atoms with E-state index >= 15 is 0 Å². The fourth-order valence-corrected chi connectivity index (χ4v) is 22.8. The first-order valence-electron chi connectivity index (χ1n) is 49.3. The molecule has 4 nitrogen and oxygen atoms in total. The molecule has 4 heteroatoms. The van der Waals surface area contributed by atoms with Gasteiger partial charge < -0.3 is 9.80 Å². The highest BCUT2D eigenvalue weighted by Crippen LogP contribution is 2.65. The molecular formula is C134H115N3O. The van der Waals surface area contributed by atoms with Gasteiger partial charge in [-0.3, -0.25) is 4.84 Å². The second kappa shape index (κ2) is 36.7. The Kier molecular flexibility index (Phi) is 23.4. The second-order valence-corrected chi connectivity index (χ2v) is 40.4. The van der Waals surface area contributed by atoms with Crippen molar-refractivity contribution in [2.75, 3.05) is 9.80 Å². The molecule has 22 rings (SSSR count). The van der Waals surface area contributed by atoms with E-state index in [-0.39, 0.29) is 35.3 Å². The molecule has 19 aromatic rings. The Morgan fingerprint density at radius 1 is 0.239 bits per heavy atom. The Bertz CT molecular complexity index is 7420. The lowest BCUT2D eigenvalue weighted by molar-refractivity contribution is -0.278. The average molecular weight is 1780 g/mol. The normalized spacial score (nSPS) is 15.3. The van der Waals surface area contributed by atoms with E-state index in [0.29, 0.717) is 0 Å². The summed E-state index contributed by atoms with van der Waals surface area (Å²) in [6.07, 6.45) is 1.28. The van der Waals surface area contributed by atoms with Crippen LogP contribution in [0.1, 0.15) is 171 Å². The van der Waals surface area contributed by atoms with Crippen LogP contribution in [0.3, 0.4) is 0 Å². The first-order valence-corrected chi connectivity index (χ1v) is 49.3. The fraction of sp³-hybridized carbons (Fsp3) is 0.149. The van der Waals surface area contributed by atoms with Crippen LogP contribution in [0.25, 0.3) is 89.0 Å². The molecule has 0 aliphatic heterocycles. The molecule has 19 aromatic carbocycles. The van der Waals surface area contributed by atoms with Gasteiger partial charge in [0.1, 0.15) is 6.10 Å². The summed E-state index contributed by atoms with van der Waals surface area (Å²) in [4.78, 5) is 12.8. The molecule has 0 heterocycles. The number of nitrogens with zero attached hydrogens (tertiary/aromatic N) is 3. The molecule has 0 bridgehead atoms. The van der Waals surface area contributed by atoms with Crippen molar-refractivity contribution in [3.63, 3.8) is 0 Å². The minimum absolute atomic E-state index is 0.0287. The van der Waals surface area contributed by atoms with Crippen LogP contribution in [0.4, 0.5) is 34.1 Å². The molecule has 3 aliphatic carbocycles. The number of benzene rings is 19. The van der Waals surface area contributed by atoms with Crippen molar-refractivity contribution >= 4 is 34.1 Å². The number of para-hydroxylation sites is 2. The Morgan fingerprint density at radius 2 is 0.558 bits per heavy atom. The van der Waals surface area contributed by atoms with Crippen molar-refractivity contribution in [2.45, 2.75) is 121 Å². The summed E-state index contributed by atoms with van der Waals surface area (Å²) in [5.41, 5.74) is 40.7. The fourth-order valence-electron chi connectivity index (χ4n) is 22.8. The molecule has 0 amide bonds. The lowest BCUT2D eigenvalue weighted by Crippen LogP contribution is -2.46. The summed E-state index contributed by atoms with van der Waals surface area (Å²) in [6.45, 7) is 21.0. The van der Waals surface area contributed by atoms with E-state index in [1.165, 1.54) is 139 Å². The number of hydrogen-bond donors (Lipinski definition) is 0. The summed E-state index contributed by atoms with van der Waals surface area (Å²) in [5.74, 6) is 0.527. The van der Waals surface area contributed by atoms with E-state index < -0.39 is 16.4 Å². The topological polar surface area (TPSA) is 19.0 Å². The summed E-state index contributed by atoms with van der Waals surface area (Å²) in [6, 6.07) is 180. The van der Waals surface area contributed by atoms with E-state index in [2.05, 4.69) is 556 Å². The third-order valence-electron chi connectivity index (χ3n) is 29.6. The summed E-state index contributed by atoms with van der Waals surface area (Å²) in [5, 5.41) is 2.36. The highest BCUT2D eigenvalue weighted by atomic mass is 16.7. The lowest BCUT2D eigenvalue weighted by atomic mass is 9.67. The van der Waals surface area contributed by atoms with Gasteiger partial charge >= 0.3 is 0 Å². The van der Waals surface area contributed by atoms with Crippen LogP contribution in [-0.2, 0) is 21.1 Å². The molecule has 0 fully saturated rings. The third-order valence-corrected chi connectivity index (χ3v) is 29.6. The first-order chi connectivity index (χ1) is 67.4. The highest BCUT2D eigenvalue weighted by molar-refractivity contribution is 5.98. The van der Waals surface area contributed by atoms with Crippen molar-refractivity contribution in [1.82, 2.24) is 5.06 Å². The lowest BCUT2D eigenvalue weighted by Gasteiger charge is -2.45. The predicted molar refractivity (Wildman–Crippen MR) is 578 cm³/mol. The monoisotopic (exact) mass is 1780 g/mol. The van der Waals surface area contributed by atoms with E-state index in [1.807, 2.05) is 0 Å². The summed E-state index contributed by atoms with van der Waals surface area (Å²) < 4.78 is 0. The van der Waals surface area contributed by atoms with Gasteiger partial charge in [-0.1, -0.05) is 436 Å². The van der Waals surface area contributed by atoms with Crippen LogP contribution in [0.5, 0.6) is 0 Å². The number of hydroxylamine groups is 2. The molecule has 0 N–H and O–H groups in total. The van der Waals surface area contributed by atoms with Gasteiger partial charge in [0.25, 0.3) is 0 Å². The van der Waals surface area contributed by atoms with Crippen LogP contribution in [0, 0.1) is 5.92 Å². The molecule has 1 spiro atoms. The van der Waals surface area contributed by atoms with Gasteiger partial charge in [0.2, 0.25) is 0 Å². The zero-order chi connectivity index (χ0) is 93.8. The Labute approximate surface area is 815 Å². The Hall–Kier alpha value is -15.3. The zero-order valence-corrected chi connectivity index (χ0v) is 80.2. The first kappa shape index (κ1) is 88.0. The number of fused-ring (bicyclic) bond motifs is 13. The second-order valence-electron chi connectivity index (χ2n) is 40.4. The van der Waals surface area contributed by atoms with Crippen molar-refractivity contribution < 1.29 is 4.84 Å². The molecule has 0 aromatic heterocycles. The predicted octanol–water partition coefficient (Wildman–Crippen LogP) is 35.8. The van der Waals surface area contributed by atoms with Gasteiger partial charge in [0.05, 0.1) is 16.9 Å². The quantitative estimate of drug-likeness (QED) is 0.0531. The van der Waals surface area contributed by atoms with E-state index in [0.717, 1.165) is 69.2 Å². The van der Waals surface area contributed by atoms with Gasteiger partial charge in [-0.05, 0) is 303 Å². The number of anilines is 6. The van der Waals surface area contributed by atoms with Gasteiger partial charge in [-0.15, -0.1) is 0 Å². The Balaban J connectivity index is 0.623. The maximum atomic E-state index is 8.04. The molecule has 3 aliphatic rings. The largest absolute Gasteiger partial charge is 0.310 e. The molecule has 0 radical (unpaired) electrons. The Morgan fingerprint density at radius 3 is 1.02 bits per heavy atom. The minimum Gasteiger partial charge on any atom is -0.310 e.